The van der Waals surface area contributed by atoms with Crippen molar-refractivity contribution >= 4 is 32.8 Å². The molecular formula is C61H59N4O+. The number of para-hydroxylation sites is 2. The average molecular weight is 864 g/mol. The molecule has 7 aromatic carbocycles. The molecule has 0 amide bonds. The van der Waals surface area contributed by atoms with Crippen LogP contribution in [-0.2, 0) is 16.2 Å². The minimum atomic E-state index is -0.0281. The number of fused-ring (bicyclic) bond motifs is 4. The van der Waals surface area contributed by atoms with Gasteiger partial charge in [-0.05, 0) is 117 Å². The Morgan fingerprint density at radius 3 is 1.80 bits per heavy atom. The van der Waals surface area contributed by atoms with Crippen LogP contribution in [0, 0.1) is 6.92 Å². The maximum absolute atomic E-state index is 6.82. The Kier molecular flexibility index (Phi) is 10.4. The van der Waals surface area contributed by atoms with Crippen LogP contribution in [0.3, 0.4) is 0 Å². The molecule has 0 saturated carbocycles. The molecule has 3 aromatic heterocycles. The molecule has 0 aliphatic rings. The molecule has 10 aromatic rings. The van der Waals surface area contributed by atoms with Gasteiger partial charge in [-0.25, -0.2) is 4.98 Å². The third kappa shape index (κ3) is 7.87. The van der Waals surface area contributed by atoms with Crippen molar-refractivity contribution < 1.29 is 9.30 Å². The molecular weight excluding hydrogens is 805 g/mol. The average Bonchev–Trinajstić information content (AvgIpc) is 3.85. The van der Waals surface area contributed by atoms with E-state index in [2.05, 4.69) is 247 Å². The first-order valence-electron chi connectivity index (χ1n) is 23.2. The molecule has 0 unspecified atom stereocenters. The van der Waals surface area contributed by atoms with Gasteiger partial charge < -0.3 is 4.74 Å². The highest BCUT2D eigenvalue weighted by atomic mass is 16.5. The van der Waals surface area contributed by atoms with Gasteiger partial charge in [0.05, 0.1) is 11.0 Å². The van der Waals surface area contributed by atoms with Crippen LogP contribution in [0.4, 0.5) is 0 Å². The Bertz CT molecular complexity index is 3410. The summed E-state index contributed by atoms with van der Waals surface area (Å²) >= 11 is 0. The minimum Gasteiger partial charge on any atom is -0.457 e. The second kappa shape index (κ2) is 16.0. The first-order chi connectivity index (χ1) is 31.5. The molecule has 0 spiro atoms. The summed E-state index contributed by atoms with van der Waals surface area (Å²) < 4.78 is 13.8. The van der Waals surface area contributed by atoms with Crippen molar-refractivity contribution in [2.45, 2.75) is 85.5 Å². The van der Waals surface area contributed by atoms with Gasteiger partial charge in [0.25, 0.3) is 6.33 Å². The number of hydrogen-bond donors (Lipinski definition) is 0. The molecule has 5 heteroatoms. The van der Waals surface area contributed by atoms with E-state index in [9.17, 15) is 0 Å². The standard InChI is InChI=1S/C61H59N4O/c1-40-32-57(62-38-53(40)42-26-28-43(29-27-42)59(2,3)4)65-54-24-15-14-22-51(54)52-31-30-49(37-56(52)65)66-48-21-16-20-46(36-48)63-39-64(47-34-44(60(5,6)7)33-45(35-47)61(8,9)10)58-50(23-17-25-55(58)63)41-18-12-11-13-19-41/h11-39H,1-10H3/q+1. The van der Waals surface area contributed by atoms with Gasteiger partial charge in [0, 0.05) is 40.2 Å². The maximum atomic E-state index is 6.82. The van der Waals surface area contributed by atoms with Gasteiger partial charge in [-0.15, -0.1) is 0 Å². The lowest BCUT2D eigenvalue weighted by molar-refractivity contribution is -0.567. The Labute approximate surface area is 389 Å². The zero-order valence-electron chi connectivity index (χ0n) is 39.9. The summed E-state index contributed by atoms with van der Waals surface area (Å²) in [6.07, 6.45) is 4.27. The van der Waals surface area contributed by atoms with Crippen molar-refractivity contribution in [2.24, 2.45) is 0 Å². The predicted molar refractivity (Wildman–Crippen MR) is 275 cm³/mol. The second-order valence-electron chi connectivity index (χ2n) is 21.0. The van der Waals surface area contributed by atoms with Crippen LogP contribution < -0.4 is 9.30 Å². The highest BCUT2D eigenvalue weighted by molar-refractivity contribution is 6.09. The van der Waals surface area contributed by atoms with Gasteiger partial charge in [0.1, 0.15) is 28.7 Å². The number of pyridine rings is 1. The van der Waals surface area contributed by atoms with E-state index < -0.39 is 0 Å². The molecule has 328 valence electrons. The van der Waals surface area contributed by atoms with Crippen molar-refractivity contribution in [2.75, 3.05) is 0 Å². The van der Waals surface area contributed by atoms with Crippen LogP contribution >= 0.6 is 0 Å². The number of benzene rings is 7. The van der Waals surface area contributed by atoms with Crippen LogP contribution in [-0.4, -0.2) is 14.1 Å². The van der Waals surface area contributed by atoms with E-state index in [4.69, 9.17) is 9.72 Å². The first kappa shape index (κ1) is 42.7. The zero-order valence-corrected chi connectivity index (χ0v) is 39.9. The summed E-state index contributed by atoms with van der Waals surface area (Å²) in [5, 5.41) is 2.32. The van der Waals surface area contributed by atoms with E-state index >= 15 is 0 Å². The summed E-state index contributed by atoms with van der Waals surface area (Å²) in [6, 6.07) is 59.0. The van der Waals surface area contributed by atoms with Gasteiger partial charge in [0.2, 0.25) is 0 Å². The molecule has 0 aliphatic heterocycles. The van der Waals surface area contributed by atoms with Gasteiger partial charge in [-0.3, -0.25) is 4.57 Å². The van der Waals surface area contributed by atoms with E-state index in [1.165, 1.54) is 44.3 Å². The molecule has 3 heterocycles. The largest absolute Gasteiger partial charge is 0.457 e. The summed E-state index contributed by atoms with van der Waals surface area (Å²) in [7, 11) is 0. The lowest BCUT2D eigenvalue weighted by Gasteiger charge is -2.25. The topological polar surface area (TPSA) is 35.9 Å². The van der Waals surface area contributed by atoms with Crippen molar-refractivity contribution in [3.8, 4) is 50.9 Å². The van der Waals surface area contributed by atoms with Crippen molar-refractivity contribution in [3.05, 3.63) is 199 Å². The molecule has 0 fully saturated rings. The Morgan fingerprint density at radius 1 is 0.485 bits per heavy atom. The third-order valence-electron chi connectivity index (χ3n) is 13.1. The van der Waals surface area contributed by atoms with Crippen molar-refractivity contribution in [3.63, 3.8) is 0 Å². The summed E-state index contributed by atoms with van der Waals surface area (Å²) in [5.74, 6) is 2.38. The lowest BCUT2D eigenvalue weighted by Crippen LogP contribution is -2.31. The van der Waals surface area contributed by atoms with Gasteiger partial charge in [-0.2, -0.15) is 9.13 Å². The molecule has 0 N–H and O–H groups in total. The number of ether oxygens (including phenoxy) is 1. The Balaban J connectivity index is 1.06. The van der Waals surface area contributed by atoms with Crippen molar-refractivity contribution in [1.82, 2.24) is 14.1 Å². The van der Waals surface area contributed by atoms with E-state index in [1.807, 2.05) is 12.3 Å². The SMILES string of the molecule is Cc1cc(-n2c3ccccc3c3ccc(Oc4cccc(-n5c[n+](-c6cc(C(C)(C)C)cc(C(C)(C)C)c6)c6c(-c7ccccc7)cccc65)c4)cc32)ncc1-c1ccc(C(C)(C)C)cc1. The zero-order chi connectivity index (χ0) is 46.1. The van der Waals surface area contributed by atoms with Gasteiger partial charge in [0.15, 0.2) is 11.0 Å². The molecule has 0 bridgehead atoms. The summed E-state index contributed by atoms with van der Waals surface area (Å²) in [5.41, 5.74) is 16.4. The summed E-state index contributed by atoms with van der Waals surface area (Å²) in [6.45, 7) is 22.7. The minimum absolute atomic E-state index is 0.0281. The number of aryl methyl sites for hydroxylation is 1. The molecule has 0 aliphatic carbocycles. The Hall–Kier alpha value is -7.24. The van der Waals surface area contributed by atoms with E-state index in [-0.39, 0.29) is 16.2 Å². The fraction of sp³-hybridized carbons (Fsp3) is 0.213. The van der Waals surface area contributed by atoms with Crippen LogP contribution in [0.1, 0.15) is 84.6 Å². The molecule has 0 radical (unpaired) electrons. The predicted octanol–water partition coefficient (Wildman–Crippen LogP) is 15.7. The normalized spacial score (nSPS) is 12.4. The van der Waals surface area contributed by atoms with Crippen molar-refractivity contribution in [1.29, 1.82) is 0 Å². The smallest absolute Gasteiger partial charge is 0.255 e. The fourth-order valence-electron chi connectivity index (χ4n) is 9.29. The Morgan fingerprint density at radius 2 is 1.11 bits per heavy atom. The molecule has 66 heavy (non-hydrogen) atoms. The number of hydrogen-bond acceptors (Lipinski definition) is 2. The highest BCUT2D eigenvalue weighted by Crippen LogP contribution is 2.38. The van der Waals surface area contributed by atoms with Crippen LogP contribution in [0.2, 0.25) is 0 Å². The van der Waals surface area contributed by atoms with Crippen LogP contribution in [0.25, 0.3) is 72.3 Å². The van der Waals surface area contributed by atoms with E-state index in [1.54, 1.807) is 0 Å². The molecule has 0 atom stereocenters. The number of rotatable bonds is 7. The number of aromatic nitrogens is 4. The van der Waals surface area contributed by atoms with Gasteiger partial charge >= 0.3 is 0 Å². The highest BCUT2D eigenvalue weighted by Gasteiger charge is 2.27. The quantitative estimate of drug-likeness (QED) is 0.150. The third-order valence-corrected chi connectivity index (χ3v) is 13.1. The van der Waals surface area contributed by atoms with E-state index in [0.29, 0.717) is 0 Å². The number of nitrogens with zero attached hydrogens (tertiary/aromatic N) is 4. The fourth-order valence-corrected chi connectivity index (χ4v) is 9.29. The molecule has 10 rings (SSSR count). The van der Waals surface area contributed by atoms with Crippen LogP contribution in [0.15, 0.2) is 176 Å². The summed E-state index contributed by atoms with van der Waals surface area (Å²) in [4.78, 5) is 5.11. The second-order valence-corrected chi connectivity index (χ2v) is 21.0. The van der Waals surface area contributed by atoms with Gasteiger partial charge in [-0.1, -0.05) is 153 Å². The first-order valence-corrected chi connectivity index (χ1v) is 23.2. The monoisotopic (exact) mass is 863 g/mol. The number of imidazole rings is 1. The maximum Gasteiger partial charge on any atom is 0.255 e. The molecule has 5 nitrogen and oxygen atoms in total. The van der Waals surface area contributed by atoms with E-state index in [0.717, 1.165) is 61.7 Å². The lowest BCUT2D eigenvalue weighted by atomic mass is 9.80. The van der Waals surface area contributed by atoms with Crippen LogP contribution in [0.5, 0.6) is 11.5 Å². The molecule has 0 saturated heterocycles.